The fourth-order valence-corrected chi connectivity index (χ4v) is 8.58. The average molecular weight is 752 g/mol. The second-order valence-electron chi connectivity index (χ2n) is 15.1. The number of methoxy groups -OCH3 is 3. The summed E-state index contributed by atoms with van der Waals surface area (Å²) in [7, 11) is 9.23. The van der Waals surface area contributed by atoms with Gasteiger partial charge >= 0.3 is 11.9 Å². The zero-order chi connectivity index (χ0) is 38.9. The van der Waals surface area contributed by atoms with Gasteiger partial charge in [0.25, 0.3) is 0 Å². The highest BCUT2D eigenvalue weighted by molar-refractivity contribution is 5.74. The molecule has 55 heavy (non-hydrogen) atoms. The van der Waals surface area contributed by atoms with Crippen molar-refractivity contribution in [3.8, 4) is 46.0 Å². The summed E-state index contributed by atoms with van der Waals surface area (Å²) in [4.78, 5) is 26.4. The Morgan fingerprint density at radius 1 is 0.836 bits per heavy atom. The number of carbonyl (C=O) groups is 2. The molecule has 0 aromatic heterocycles. The maximum Gasteiger partial charge on any atom is 0.308 e. The minimum atomic E-state index is -0.773. The van der Waals surface area contributed by atoms with Crippen molar-refractivity contribution in [2.24, 2.45) is 0 Å². The number of aliphatic carboxylic acids is 1. The van der Waals surface area contributed by atoms with Gasteiger partial charge in [-0.2, -0.15) is 0 Å². The summed E-state index contributed by atoms with van der Waals surface area (Å²) in [6.45, 7) is 3.89. The van der Waals surface area contributed by atoms with Crippen LogP contribution < -0.4 is 28.4 Å². The van der Waals surface area contributed by atoms with Gasteiger partial charge in [0.2, 0.25) is 5.75 Å². The van der Waals surface area contributed by atoms with Crippen molar-refractivity contribution in [3.63, 3.8) is 0 Å². The molecule has 0 saturated carbocycles. The predicted octanol–water partition coefficient (Wildman–Crippen LogP) is 7.85. The SMILES string of the molecule is COc1ccc2cc1Oc1ccc(cc1)CC1c3cc(c(OC)cc3CC[N+]1(C)CCCCC(=O)O)Oc1c(OC(C)=O)c(OC)cc3c1C(C2)N(C)CC3. The van der Waals surface area contributed by atoms with Crippen molar-refractivity contribution in [1.29, 1.82) is 0 Å². The zero-order valence-electron chi connectivity index (χ0n) is 32.6. The lowest BCUT2D eigenvalue weighted by atomic mass is 9.85. The number of carbonyl (C=O) groups excluding carboxylic acids is 1. The third-order valence-electron chi connectivity index (χ3n) is 11.6. The van der Waals surface area contributed by atoms with E-state index in [0.717, 1.165) is 77.6 Å². The minimum absolute atomic E-state index is 0.0234. The second-order valence-corrected chi connectivity index (χ2v) is 15.1. The number of ether oxygens (including phenoxy) is 6. The number of nitrogens with zero attached hydrogens (tertiary/aromatic N) is 2. The third-order valence-corrected chi connectivity index (χ3v) is 11.6. The lowest BCUT2D eigenvalue weighted by molar-refractivity contribution is -0.941. The van der Waals surface area contributed by atoms with E-state index in [-0.39, 0.29) is 24.3 Å². The number of rotatable bonds is 9. The Morgan fingerprint density at radius 2 is 1.55 bits per heavy atom. The number of fused-ring (bicyclic) bond motifs is 2. The number of carboxylic acid groups (broad SMARTS) is 1. The van der Waals surface area contributed by atoms with E-state index in [1.807, 2.05) is 30.3 Å². The van der Waals surface area contributed by atoms with Crippen LogP contribution in [0.3, 0.4) is 0 Å². The predicted molar refractivity (Wildman–Crippen MR) is 207 cm³/mol. The van der Waals surface area contributed by atoms with E-state index in [2.05, 4.69) is 49.3 Å². The molecule has 11 heteroatoms. The van der Waals surface area contributed by atoms with Gasteiger partial charge in [-0.1, -0.05) is 18.2 Å². The zero-order valence-corrected chi connectivity index (χ0v) is 32.6. The standard InChI is InChI=1S/C44H50N2O9/c1-27(47)53-43-40(52-6)25-31-16-18-45(2)34-21-29-12-15-36(50-4)38(23-29)54-32-13-10-28(11-14-32)22-35-33-26-39(55-44(43)42(31)34)37(51-5)24-30(33)17-20-46(35,3)19-8-7-9-41(48)49/h10-15,23-26,34-35H,7-9,16-22H2,1-6H3/p+1. The molecule has 3 unspecified atom stereocenters. The van der Waals surface area contributed by atoms with Crippen molar-refractivity contribution in [2.45, 2.75) is 64.0 Å². The van der Waals surface area contributed by atoms with Crippen molar-refractivity contribution < 1.29 is 47.6 Å². The first-order valence-electron chi connectivity index (χ1n) is 19.0. The smallest absolute Gasteiger partial charge is 0.308 e. The Kier molecular flexibility index (Phi) is 11.0. The van der Waals surface area contributed by atoms with Crippen LogP contribution in [0.25, 0.3) is 0 Å². The highest BCUT2D eigenvalue weighted by atomic mass is 16.6. The van der Waals surface area contributed by atoms with Crippen molar-refractivity contribution >= 4 is 11.9 Å². The number of carboxylic acids is 1. The van der Waals surface area contributed by atoms with Crippen LogP contribution in [0.5, 0.6) is 46.0 Å². The maximum atomic E-state index is 12.7. The molecular weight excluding hydrogens is 700 g/mol. The Morgan fingerprint density at radius 3 is 2.25 bits per heavy atom. The fourth-order valence-electron chi connectivity index (χ4n) is 8.58. The lowest BCUT2D eigenvalue weighted by Gasteiger charge is -2.46. The molecule has 0 saturated heterocycles. The fraction of sp³-hybridized carbons (Fsp3) is 0.409. The second kappa shape index (κ2) is 15.8. The molecule has 8 rings (SSSR count). The van der Waals surface area contributed by atoms with Crippen LogP contribution in [0.15, 0.2) is 60.7 Å². The Bertz CT molecular complexity index is 2080. The van der Waals surface area contributed by atoms with E-state index in [1.54, 1.807) is 21.3 Å². The highest BCUT2D eigenvalue weighted by Crippen LogP contribution is 2.52. The molecule has 0 spiro atoms. The van der Waals surface area contributed by atoms with Crippen molar-refractivity contribution in [1.82, 2.24) is 4.90 Å². The number of esters is 1. The first-order valence-corrected chi connectivity index (χ1v) is 19.0. The van der Waals surface area contributed by atoms with E-state index >= 15 is 0 Å². The Balaban J connectivity index is 1.45. The summed E-state index contributed by atoms with van der Waals surface area (Å²) in [6.07, 6.45) is 4.45. The summed E-state index contributed by atoms with van der Waals surface area (Å²) in [5.41, 5.74) is 6.46. The molecule has 290 valence electrons. The molecule has 4 aliphatic rings. The Labute approximate surface area is 322 Å². The van der Waals surface area contributed by atoms with Gasteiger partial charge in [0, 0.05) is 49.9 Å². The van der Waals surface area contributed by atoms with E-state index in [1.165, 1.54) is 12.5 Å². The number of benzene rings is 4. The largest absolute Gasteiger partial charge is 0.493 e. The lowest BCUT2D eigenvalue weighted by Crippen LogP contribution is -2.52. The van der Waals surface area contributed by atoms with Crippen LogP contribution in [-0.4, -0.2) is 81.5 Å². The topological polar surface area (TPSA) is 113 Å². The van der Waals surface area contributed by atoms with Crippen LogP contribution in [0.2, 0.25) is 0 Å². The van der Waals surface area contributed by atoms with Gasteiger partial charge in [-0.25, -0.2) is 0 Å². The van der Waals surface area contributed by atoms with Gasteiger partial charge in [-0.05, 0) is 97.4 Å². The quantitative estimate of drug-likeness (QED) is 0.0786. The van der Waals surface area contributed by atoms with Gasteiger partial charge in [0.15, 0.2) is 34.5 Å². The van der Waals surface area contributed by atoms with Gasteiger partial charge in [-0.15, -0.1) is 0 Å². The number of likely N-dealkylation sites (N-methyl/N-ethyl adjacent to an activating group) is 2. The monoisotopic (exact) mass is 751 g/mol. The summed E-state index contributed by atoms with van der Waals surface area (Å²) in [5, 5.41) is 9.36. The molecule has 11 nitrogen and oxygen atoms in total. The van der Waals surface area contributed by atoms with E-state index < -0.39 is 11.9 Å². The number of quaternary nitrogens is 1. The van der Waals surface area contributed by atoms with Crippen molar-refractivity contribution in [3.05, 3.63) is 94.0 Å². The highest BCUT2D eigenvalue weighted by Gasteiger charge is 2.41. The summed E-state index contributed by atoms with van der Waals surface area (Å²) in [5.74, 6) is 2.82. The van der Waals surface area contributed by atoms with Crippen molar-refractivity contribution in [2.75, 3.05) is 55.1 Å². The molecule has 6 bridgehead atoms. The van der Waals surface area contributed by atoms with Crippen LogP contribution in [-0.2, 0) is 35.3 Å². The summed E-state index contributed by atoms with van der Waals surface area (Å²) >= 11 is 0. The molecule has 4 heterocycles. The first kappa shape index (κ1) is 38.0. The molecule has 0 amide bonds. The molecule has 1 N–H and O–H groups in total. The molecule has 3 atom stereocenters. The summed E-state index contributed by atoms with van der Waals surface area (Å²) in [6, 6.07) is 20.3. The Hall–Kier alpha value is -5.26. The number of hydrogen-bond donors (Lipinski definition) is 1. The van der Waals surface area contributed by atoms with E-state index in [0.29, 0.717) is 53.1 Å². The normalized spacial score (nSPS) is 20.2. The molecule has 4 aromatic carbocycles. The number of unbranched alkanes of at least 4 members (excludes halogenated alkanes) is 1. The molecular formula is C44H51N2O9+. The molecule has 4 aromatic rings. The van der Waals surface area contributed by atoms with Crippen LogP contribution in [0, 0.1) is 0 Å². The maximum absolute atomic E-state index is 12.7. The minimum Gasteiger partial charge on any atom is -0.493 e. The van der Waals surface area contributed by atoms with Gasteiger partial charge in [0.05, 0.1) is 41.5 Å². The van der Waals surface area contributed by atoms with Gasteiger partial charge in [-0.3, -0.25) is 14.5 Å². The molecule has 0 fully saturated rings. The molecule has 4 aliphatic heterocycles. The first-order chi connectivity index (χ1) is 26.5. The van der Waals surface area contributed by atoms with E-state index in [4.69, 9.17) is 28.4 Å². The summed E-state index contributed by atoms with van der Waals surface area (Å²) < 4.78 is 37.9. The number of hydrogen-bond acceptors (Lipinski definition) is 9. The van der Waals surface area contributed by atoms with Crippen LogP contribution in [0.1, 0.15) is 71.7 Å². The van der Waals surface area contributed by atoms with Crippen LogP contribution in [0.4, 0.5) is 0 Å². The third kappa shape index (κ3) is 7.81. The van der Waals surface area contributed by atoms with Gasteiger partial charge in [0.1, 0.15) is 11.8 Å². The van der Waals surface area contributed by atoms with Gasteiger partial charge < -0.3 is 38.0 Å². The van der Waals surface area contributed by atoms with Crippen LogP contribution >= 0.6 is 0 Å². The average Bonchev–Trinajstić information content (AvgIpc) is 3.16. The molecule has 0 radical (unpaired) electrons. The van der Waals surface area contributed by atoms with E-state index in [9.17, 15) is 14.7 Å². The molecule has 0 aliphatic carbocycles.